The fourth-order valence-corrected chi connectivity index (χ4v) is 3.10. The van der Waals surface area contributed by atoms with Crippen LogP contribution in [0.2, 0.25) is 0 Å². The molecule has 2 aliphatic rings. The highest BCUT2D eigenvalue weighted by atomic mass is 16.5. The maximum Gasteiger partial charge on any atom is 0.263 e. The van der Waals surface area contributed by atoms with Gasteiger partial charge in [0.25, 0.3) is 5.91 Å². The largest absolute Gasteiger partial charge is 0.480 e. The molecule has 3 rings (SSSR count). The Kier molecular flexibility index (Phi) is 4.95. The number of carbonyl (C=O) groups excluding carboxylic acids is 1. The quantitative estimate of drug-likeness (QED) is 0.834. The van der Waals surface area contributed by atoms with Gasteiger partial charge >= 0.3 is 0 Å². The van der Waals surface area contributed by atoms with Crippen LogP contribution in [0.4, 0.5) is 0 Å². The van der Waals surface area contributed by atoms with Crippen LogP contribution in [-0.2, 0) is 16.0 Å². The second-order valence-electron chi connectivity index (χ2n) is 5.96. The van der Waals surface area contributed by atoms with Crippen LogP contribution in [-0.4, -0.2) is 49.3 Å². The number of amides is 1. The predicted octanol–water partition coefficient (Wildman–Crippen LogP) is 1.35. The highest BCUT2D eigenvalue weighted by Gasteiger charge is 2.33. The minimum absolute atomic E-state index is 0.108. The van der Waals surface area contributed by atoms with Gasteiger partial charge in [0.2, 0.25) is 0 Å². The second kappa shape index (κ2) is 7.11. The predicted molar refractivity (Wildman–Crippen MR) is 83.8 cm³/mol. The molecule has 1 unspecified atom stereocenters. The Balaban J connectivity index is 1.47. The Labute approximate surface area is 131 Å². The Bertz CT molecular complexity index is 487. The number of carbonyl (C=O) groups is 1. The van der Waals surface area contributed by atoms with Gasteiger partial charge in [0, 0.05) is 26.1 Å². The molecule has 0 spiro atoms. The summed E-state index contributed by atoms with van der Waals surface area (Å²) >= 11 is 0. The zero-order valence-electron chi connectivity index (χ0n) is 12.9. The van der Waals surface area contributed by atoms with Crippen LogP contribution in [0.3, 0.4) is 0 Å². The van der Waals surface area contributed by atoms with E-state index in [4.69, 9.17) is 15.2 Å². The summed E-state index contributed by atoms with van der Waals surface area (Å²) in [4.78, 5) is 14.5. The van der Waals surface area contributed by atoms with E-state index in [1.54, 1.807) is 0 Å². The molecule has 0 aromatic heterocycles. The lowest BCUT2D eigenvalue weighted by Gasteiger charge is -2.33. The molecule has 1 aromatic rings. The molecule has 0 aliphatic carbocycles. The molecule has 1 aromatic carbocycles. The molecule has 0 radical (unpaired) electrons. The maximum absolute atomic E-state index is 12.6. The van der Waals surface area contributed by atoms with Gasteiger partial charge in [-0.05, 0) is 37.4 Å². The third-order valence-electron chi connectivity index (χ3n) is 4.38. The van der Waals surface area contributed by atoms with Crippen LogP contribution in [0.5, 0.6) is 5.75 Å². The molecule has 1 amide bonds. The van der Waals surface area contributed by atoms with Gasteiger partial charge in [-0.2, -0.15) is 0 Å². The molecule has 22 heavy (non-hydrogen) atoms. The molecule has 2 heterocycles. The SMILES string of the molecule is NCCCOC1CCN(C(=O)C2Cc3ccccc3O2)CC1. The summed E-state index contributed by atoms with van der Waals surface area (Å²) < 4.78 is 11.6. The van der Waals surface area contributed by atoms with E-state index in [-0.39, 0.29) is 18.1 Å². The van der Waals surface area contributed by atoms with Crippen molar-refractivity contribution in [2.45, 2.75) is 37.9 Å². The number of nitrogens with two attached hydrogens (primary N) is 1. The third-order valence-corrected chi connectivity index (χ3v) is 4.38. The van der Waals surface area contributed by atoms with Gasteiger partial charge in [0.15, 0.2) is 6.10 Å². The molecule has 0 bridgehead atoms. The number of fused-ring (bicyclic) bond motifs is 1. The summed E-state index contributed by atoms with van der Waals surface area (Å²) in [6.45, 7) is 2.89. The van der Waals surface area contributed by atoms with Crippen molar-refractivity contribution in [1.29, 1.82) is 0 Å². The third kappa shape index (κ3) is 3.42. The number of rotatable bonds is 5. The van der Waals surface area contributed by atoms with Crippen LogP contribution >= 0.6 is 0 Å². The topological polar surface area (TPSA) is 64.8 Å². The summed E-state index contributed by atoms with van der Waals surface area (Å²) in [7, 11) is 0. The van der Waals surface area contributed by atoms with E-state index in [1.165, 1.54) is 0 Å². The fourth-order valence-electron chi connectivity index (χ4n) is 3.10. The Morgan fingerprint density at radius 1 is 1.32 bits per heavy atom. The average molecular weight is 304 g/mol. The van der Waals surface area contributed by atoms with E-state index in [9.17, 15) is 4.79 Å². The summed E-state index contributed by atoms with van der Waals surface area (Å²) in [5.74, 6) is 0.956. The first-order chi connectivity index (χ1) is 10.8. The lowest BCUT2D eigenvalue weighted by molar-refractivity contribution is -0.140. The first kappa shape index (κ1) is 15.3. The summed E-state index contributed by atoms with van der Waals surface area (Å²) in [6, 6.07) is 7.88. The fraction of sp³-hybridized carbons (Fsp3) is 0.588. The lowest BCUT2D eigenvalue weighted by Crippen LogP contribution is -2.46. The molecule has 120 valence electrons. The van der Waals surface area contributed by atoms with Gasteiger partial charge in [0.1, 0.15) is 5.75 Å². The first-order valence-corrected chi connectivity index (χ1v) is 8.13. The average Bonchev–Trinajstić information content (AvgIpc) is 2.99. The van der Waals surface area contributed by atoms with E-state index >= 15 is 0 Å². The van der Waals surface area contributed by atoms with Gasteiger partial charge in [-0.3, -0.25) is 4.79 Å². The number of benzene rings is 1. The van der Waals surface area contributed by atoms with E-state index in [1.807, 2.05) is 29.2 Å². The zero-order chi connectivity index (χ0) is 15.4. The van der Waals surface area contributed by atoms with Crippen molar-refractivity contribution in [3.63, 3.8) is 0 Å². The molecular formula is C17H24N2O3. The monoisotopic (exact) mass is 304 g/mol. The minimum atomic E-state index is -0.355. The van der Waals surface area contributed by atoms with Gasteiger partial charge < -0.3 is 20.1 Å². The molecule has 1 atom stereocenters. The molecular weight excluding hydrogens is 280 g/mol. The maximum atomic E-state index is 12.6. The minimum Gasteiger partial charge on any atom is -0.480 e. The van der Waals surface area contributed by atoms with Crippen molar-refractivity contribution >= 4 is 5.91 Å². The Hall–Kier alpha value is -1.59. The van der Waals surface area contributed by atoms with Crippen molar-refractivity contribution in [2.75, 3.05) is 26.2 Å². The lowest BCUT2D eigenvalue weighted by atomic mass is 10.1. The van der Waals surface area contributed by atoms with Gasteiger partial charge in [0.05, 0.1) is 6.10 Å². The van der Waals surface area contributed by atoms with Gasteiger partial charge in [-0.15, -0.1) is 0 Å². The molecule has 1 fully saturated rings. The molecule has 5 heteroatoms. The van der Waals surface area contributed by atoms with E-state index < -0.39 is 0 Å². The molecule has 2 aliphatic heterocycles. The van der Waals surface area contributed by atoms with Gasteiger partial charge in [-0.1, -0.05) is 18.2 Å². The van der Waals surface area contributed by atoms with E-state index in [0.29, 0.717) is 13.0 Å². The molecule has 2 N–H and O–H groups in total. The van der Waals surface area contributed by atoms with Crippen molar-refractivity contribution in [1.82, 2.24) is 4.90 Å². The van der Waals surface area contributed by atoms with Gasteiger partial charge in [-0.25, -0.2) is 0 Å². The van der Waals surface area contributed by atoms with Crippen LogP contribution in [0.1, 0.15) is 24.8 Å². The van der Waals surface area contributed by atoms with Crippen molar-refractivity contribution in [3.05, 3.63) is 29.8 Å². The molecule has 0 saturated carbocycles. The molecule has 1 saturated heterocycles. The van der Waals surface area contributed by atoms with Crippen molar-refractivity contribution < 1.29 is 14.3 Å². The summed E-state index contributed by atoms with van der Waals surface area (Å²) in [5, 5.41) is 0. The smallest absolute Gasteiger partial charge is 0.263 e. The van der Waals surface area contributed by atoms with Crippen molar-refractivity contribution in [2.24, 2.45) is 5.73 Å². The van der Waals surface area contributed by atoms with E-state index in [0.717, 1.165) is 50.3 Å². The standard InChI is InChI=1S/C17H24N2O3/c18-8-3-11-21-14-6-9-19(10-7-14)17(20)16-12-13-4-1-2-5-15(13)22-16/h1-2,4-5,14,16H,3,6-12,18H2. The normalized spacial score (nSPS) is 21.5. The number of piperidine rings is 1. The Morgan fingerprint density at radius 2 is 2.09 bits per heavy atom. The first-order valence-electron chi connectivity index (χ1n) is 8.13. The van der Waals surface area contributed by atoms with Crippen LogP contribution in [0, 0.1) is 0 Å². The second-order valence-corrected chi connectivity index (χ2v) is 5.96. The number of hydrogen-bond donors (Lipinski definition) is 1. The zero-order valence-corrected chi connectivity index (χ0v) is 12.9. The summed E-state index contributed by atoms with van der Waals surface area (Å²) in [6.07, 6.45) is 3.28. The number of likely N-dealkylation sites (tertiary alicyclic amines) is 1. The van der Waals surface area contributed by atoms with Crippen LogP contribution in [0.15, 0.2) is 24.3 Å². The Morgan fingerprint density at radius 3 is 2.82 bits per heavy atom. The highest BCUT2D eigenvalue weighted by molar-refractivity contribution is 5.82. The number of para-hydroxylation sites is 1. The number of hydrogen-bond acceptors (Lipinski definition) is 4. The van der Waals surface area contributed by atoms with Crippen LogP contribution in [0.25, 0.3) is 0 Å². The number of ether oxygens (including phenoxy) is 2. The van der Waals surface area contributed by atoms with Crippen molar-refractivity contribution in [3.8, 4) is 5.75 Å². The van der Waals surface area contributed by atoms with E-state index in [2.05, 4.69) is 0 Å². The van der Waals surface area contributed by atoms with Crippen LogP contribution < -0.4 is 10.5 Å². The summed E-state index contributed by atoms with van der Waals surface area (Å²) in [5.41, 5.74) is 6.59. The number of nitrogens with zero attached hydrogens (tertiary/aromatic N) is 1. The molecule has 5 nitrogen and oxygen atoms in total. The highest BCUT2D eigenvalue weighted by Crippen LogP contribution is 2.29.